The molecule has 0 heterocycles. The first-order valence-corrected chi connectivity index (χ1v) is 3.94. The molecule has 64 valence electrons. The highest BCUT2D eigenvalue weighted by Gasteiger charge is 2.14. The lowest BCUT2D eigenvalue weighted by atomic mass is 9.96. The summed E-state index contributed by atoms with van der Waals surface area (Å²) < 4.78 is 0. The number of hydrogen-bond donors (Lipinski definition) is 2. The summed E-state index contributed by atoms with van der Waals surface area (Å²) in [6.45, 7) is 6.19. The van der Waals surface area contributed by atoms with E-state index < -0.39 is 0 Å². The first-order valence-electron chi connectivity index (χ1n) is 3.94. The summed E-state index contributed by atoms with van der Waals surface area (Å²) in [4.78, 5) is 0. The van der Waals surface area contributed by atoms with Crippen molar-refractivity contribution in [3.8, 4) is 6.07 Å². The zero-order chi connectivity index (χ0) is 8.74. The summed E-state index contributed by atoms with van der Waals surface area (Å²) in [7, 11) is 0. The monoisotopic (exact) mass is 155 g/mol. The van der Waals surface area contributed by atoms with Crippen LogP contribution in [0.5, 0.6) is 0 Å². The highest BCUT2D eigenvalue weighted by Crippen LogP contribution is 2.09. The molecule has 0 bridgehead atoms. The number of nitrogens with two attached hydrogens (primary N) is 1. The Hall–Kier alpha value is -0.590. The predicted molar refractivity (Wildman–Crippen MR) is 45.9 cm³/mol. The minimum atomic E-state index is -0.255. The van der Waals surface area contributed by atoms with Crippen LogP contribution in [-0.2, 0) is 0 Å². The Bertz CT molecular complexity index is 135. The summed E-state index contributed by atoms with van der Waals surface area (Å²) in [5.41, 5.74) is 5.05. The maximum absolute atomic E-state index is 8.64. The molecule has 0 aliphatic rings. The van der Waals surface area contributed by atoms with Crippen LogP contribution in [0.25, 0.3) is 0 Å². The molecule has 0 saturated heterocycles. The van der Waals surface area contributed by atoms with Crippen molar-refractivity contribution in [1.29, 1.82) is 5.26 Å². The van der Waals surface area contributed by atoms with E-state index in [1.165, 1.54) is 0 Å². The fourth-order valence-corrected chi connectivity index (χ4v) is 0.667. The van der Waals surface area contributed by atoms with Gasteiger partial charge in [-0.05, 0) is 33.4 Å². The van der Waals surface area contributed by atoms with Crippen molar-refractivity contribution in [2.45, 2.75) is 20.3 Å². The fraction of sp³-hybridized carbons (Fsp3) is 0.875. The van der Waals surface area contributed by atoms with Crippen molar-refractivity contribution in [2.75, 3.05) is 19.6 Å². The van der Waals surface area contributed by atoms with Gasteiger partial charge in [0, 0.05) is 6.54 Å². The Morgan fingerprint density at radius 1 is 1.55 bits per heavy atom. The Morgan fingerprint density at radius 3 is 2.64 bits per heavy atom. The molecule has 3 nitrogen and oxygen atoms in total. The van der Waals surface area contributed by atoms with Gasteiger partial charge in [-0.2, -0.15) is 5.26 Å². The quantitative estimate of drug-likeness (QED) is 0.567. The maximum atomic E-state index is 8.64. The smallest absolute Gasteiger partial charge is 0.0697 e. The third kappa shape index (κ3) is 5.84. The summed E-state index contributed by atoms with van der Waals surface area (Å²) in [5, 5.41) is 11.8. The number of nitriles is 1. The van der Waals surface area contributed by atoms with E-state index in [1.54, 1.807) is 0 Å². The lowest BCUT2D eigenvalue weighted by Gasteiger charge is -2.15. The molecule has 0 amide bonds. The summed E-state index contributed by atoms with van der Waals surface area (Å²) in [5.74, 6) is 0. The van der Waals surface area contributed by atoms with E-state index in [2.05, 4.69) is 11.4 Å². The van der Waals surface area contributed by atoms with Gasteiger partial charge in [-0.25, -0.2) is 0 Å². The van der Waals surface area contributed by atoms with Crippen LogP contribution in [0.2, 0.25) is 0 Å². The van der Waals surface area contributed by atoms with E-state index in [0.29, 0.717) is 6.54 Å². The van der Waals surface area contributed by atoms with Crippen molar-refractivity contribution in [1.82, 2.24) is 5.32 Å². The second-order valence-corrected chi connectivity index (χ2v) is 3.31. The van der Waals surface area contributed by atoms with Crippen LogP contribution in [-0.4, -0.2) is 19.6 Å². The fourth-order valence-electron chi connectivity index (χ4n) is 0.667. The van der Waals surface area contributed by atoms with Gasteiger partial charge in [0.2, 0.25) is 0 Å². The number of rotatable bonds is 5. The molecule has 11 heavy (non-hydrogen) atoms. The molecule has 3 heteroatoms. The molecule has 3 N–H and O–H groups in total. The van der Waals surface area contributed by atoms with Gasteiger partial charge in [-0.1, -0.05) is 0 Å². The van der Waals surface area contributed by atoms with Gasteiger partial charge >= 0.3 is 0 Å². The molecule has 0 aliphatic carbocycles. The molecule has 0 fully saturated rings. The molecule has 0 unspecified atom stereocenters. The van der Waals surface area contributed by atoms with Crippen LogP contribution < -0.4 is 11.1 Å². The van der Waals surface area contributed by atoms with Gasteiger partial charge in [-0.3, -0.25) is 0 Å². The van der Waals surface area contributed by atoms with Gasteiger partial charge in [-0.15, -0.1) is 0 Å². The van der Waals surface area contributed by atoms with Crippen LogP contribution in [0.4, 0.5) is 0 Å². The molecular formula is C8H17N3. The van der Waals surface area contributed by atoms with Crippen molar-refractivity contribution in [2.24, 2.45) is 11.1 Å². The molecule has 0 spiro atoms. The minimum Gasteiger partial charge on any atom is -0.330 e. The van der Waals surface area contributed by atoms with Gasteiger partial charge in [0.05, 0.1) is 11.5 Å². The third-order valence-corrected chi connectivity index (χ3v) is 1.43. The van der Waals surface area contributed by atoms with Crippen LogP contribution in [0, 0.1) is 16.7 Å². The second-order valence-electron chi connectivity index (χ2n) is 3.31. The zero-order valence-corrected chi connectivity index (χ0v) is 7.35. The van der Waals surface area contributed by atoms with Crippen LogP contribution in [0.15, 0.2) is 0 Å². The van der Waals surface area contributed by atoms with E-state index in [-0.39, 0.29) is 5.41 Å². The normalized spacial score (nSPS) is 11.1. The SMILES string of the molecule is CC(C)(C#N)CNCCCN. The summed E-state index contributed by atoms with van der Waals surface area (Å²) in [6.07, 6.45) is 0.974. The second kappa shape index (κ2) is 5.11. The first-order chi connectivity index (χ1) is 5.12. The molecule has 0 aliphatic heterocycles. The van der Waals surface area contributed by atoms with E-state index in [1.807, 2.05) is 13.8 Å². The summed E-state index contributed by atoms with van der Waals surface area (Å²) >= 11 is 0. The molecule has 0 rings (SSSR count). The van der Waals surface area contributed by atoms with E-state index in [9.17, 15) is 0 Å². The molecule has 0 aromatic heterocycles. The van der Waals surface area contributed by atoms with Crippen LogP contribution >= 0.6 is 0 Å². The average Bonchev–Trinajstić information content (AvgIpc) is 1.99. The predicted octanol–water partition coefficient (Wildman–Crippen LogP) is 0.475. The lowest BCUT2D eigenvalue weighted by molar-refractivity contribution is 0.444. The van der Waals surface area contributed by atoms with Gasteiger partial charge in [0.15, 0.2) is 0 Å². The Kier molecular flexibility index (Phi) is 4.84. The van der Waals surface area contributed by atoms with Crippen molar-refractivity contribution >= 4 is 0 Å². The molecule has 0 radical (unpaired) electrons. The number of nitrogens with one attached hydrogen (secondary N) is 1. The van der Waals surface area contributed by atoms with E-state index in [4.69, 9.17) is 11.0 Å². The maximum Gasteiger partial charge on any atom is 0.0697 e. The summed E-state index contributed by atoms with van der Waals surface area (Å²) in [6, 6.07) is 2.22. The average molecular weight is 155 g/mol. The Balaban J connectivity index is 3.32. The van der Waals surface area contributed by atoms with E-state index >= 15 is 0 Å². The van der Waals surface area contributed by atoms with Gasteiger partial charge < -0.3 is 11.1 Å². The number of nitrogens with zero attached hydrogens (tertiary/aromatic N) is 1. The molecule has 0 saturated carbocycles. The van der Waals surface area contributed by atoms with Crippen molar-refractivity contribution in [3.05, 3.63) is 0 Å². The van der Waals surface area contributed by atoms with Gasteiger partial charge in [0.25, 0.3) is 0 Å². The largest absolute Gasteiger partial charge is 0.330 e. The third-order valence-electron chi connectivity index (χ3n) is 1.43. The Morgan fingerprint density at radius 2 is 2.18 bits per heavy atom. The molecule has 0 atom stereocenters. The van der Waals surface area contributed by atoms with Crippen LogP contribution in [0.3, 0.4) is 0 Å². The minimum absolute atomic E-state index is 0.255. The Labute approximate surface area is 68.6 Å². The van der Waals surface area contributed by atoms with Gasteiger partial charge in [0.1, 0.15) is 0 Å². The molecule has 0 aromatic rings. The van der Waals surface area contributed by atoms with Crippen molar-refractivity contribution in [3.63, 3.8) is 0 Å². The highest BCUT2D eigenvalue weighted by atomic mass is 14.9. The zero-order valence-electron chi connectivity index (χ0n) is 7.35. The number of hydrogen-bond acceptors (Lipinski definition) is 3. The van der Waals surface area contributed by atoms with E-state index in [0.717, 1.165) is 19.5 Å². The lowest BCUT2D eigenvalue weighted by Crippen LogP contribution is -2.29. The highest BCUT2D eigenvalue weighted by molar-refractivity contribution is 4.93. The van der Waals surface area contributed by atoms with Crippen LogP contribution in [0.1, 0.15) is 20.3 Å². The molecular weight excluding hydrogens is 138 g/mol. The standard InChI is InChI=1S/C8H17N3/c1-8(2,6-10)7-11-5-3-4-9/h11H,3-5,7,9H2,1-2H3. The van der Waals surface area contributed by atoms with Crippen molar-refractivity contribution < 1.29 is 0 Å². The molecule has 0 aromatic carbocycles. The topological polar surface area (TPSA) is 61.8 Å². The first kappa shape index (κ1) is 10.4.